The highest BCUT2D eigenvalue weighted by Gasteiger charge is 2.42. The number of nitrogens with zero attached hydrogens (tertiary/aromatic N) is 9. The molecule has 4 aliphatic rings. The SMILES string of the molecule is Cc1ncsc1-c1ccc([C@H](C)NC(=O)[C@@H]2CCCN2C(=O)C(c2cc(OCCN3CCN(CCCCN4CCOC5(CCN(c6cc(-c7ccccc7O)nnc6N)CC5)C4)CC3)no2)C(C)C)cc1. The molecule has 4 fully saturated rings. The Kier molecular flexibility index (Phi) is 16.2. The van der Waals surface area contributed by atoms with Crippen LogP contribution in [0.25, 0.3) is 21.7 Å². The molecule has 3 aromatic heterocycles. The number of amides is 2. The number of morpholine rings is 1. The van der Waals surface area contributed by atoms with Crippen LogP contribution < -0.4 is 20.7 Å². The highest BCUT2D eigenvalue weighted by molar-refractivity contribution is 7.13. The third kappa shape index (κ3) is 12.0. The fourth-order valence-corrected chi connectivity index (χ4v) is 11.6. The molecular formula is C53H71N11O6S. The van der Waals surface area contributed by atoms with Crippen LogP contribution in [0.5, 0.6) is 11.6 Å². The molecule has 1 unspecified atom stereocenters. The minimum atomic E-state index is -0.582. The molecule has 0 bridgehead atoms. The molecule has 1 spiro atoms. The number of benzene rings is 2. The average Bonchev–Trinajstić information content (AvgIpc) is 4.16. The number of aromatic hydroxyl groups is 1. The summed E-state index contributed by atoms with van der Waals surface area (Å²) in [6, 6.07) is 18.3. The number of nitrogen functional groups attached to an aromatic ring is 1. The summed E-state index contributed by atoms with van der Waals surface area (Å²) in [6.07, 6.45) is 5.54. The topological polar surface area (TPSA) is 192 Å². The van der Waals surface area contributed by atoms with Crippen molar-refractivity contribution in [3.63, 3.8) is 0 Å². The van der Waals surface area contributed by atoms with Gasteiger partial charge in [-0.05, 0) is 106 Å². The van der Waals surface area contributed by atoms with E-state index in [1.165, 1.54) is 0 Å². The van der Waals surface area contributed by atoms with Crippen LogP contribution in [0.4, 0.5) is 11.5 Å². The summed E-state index contributed by atoms with van der Waals surface area (Å²) >= 11 is 1.62. The maximum absolute atomic E-state index is 14.2. The van der Waals surface area contributed by atoms with Crippen molar-refractivity contribution in [3.05, 3.63) is 83.2 Å². The van der Waals surface area contributed by atoms with E-state index >= 15 is 0 Å². The number of piperazine rings is 1. The number of nitrogens with one attached hydrogen (secondary N) is 1. The Morgan fingerprint density at radius 3 is 2.37 bits per heavy atom. The monoisotopic (exact) mass is 990 g/mol. The molecule has 4 N–H and O–H groups in total. The van der Waals surface area contributed by atoms with Gasteiger partial charge < -0.3 is 44.9 Å². The van der Waals surface area contributed by atoms with E-state index in [1.54, 1.807) is 34.4 Å². The lowest BCUT2D eigenvalue weighted by Crippen LogP contribution is -2.57. The molecule has 380 valence electrons. The first-order chi connectivity index (χ1) is 34.4. The third-order valence-corrected chi connectivity index (χ3v) is 16.0. The van der Waals surface area contributed by atoms with Gasteiger partial charge in [-0.2, -0.15) is 0 Å². The molecule has 9 rings (SSSR count). The summed E-state index contributed by atoms with van der Waals surface area (Å²) in [7, 11) is 0. The molecule has 2 aromatic carbocycles. The van der Waals surface area contributed by atoms with Gasteiger partial charge in [-0.1, -0.05) is 50.2 Å². The van der Waals surface area contributed by atoms with Crippen molar-refractivity contribution in [2.24, 2.45) is 5.92 Å². The van der Waals surface area contributed by atoms with Crippen molar-refractivity contribution >= 4 is 34.7 Å². The number of para-hydroxylation sites is 1. The third-order valence-electron chi connectivity index (χ3n) is 15.0. The van der Waals surface area contributed by atoms with Crippen LogP contribution in [0.1, 0.15) is 88.3 Å². The summed E-state index contributed by atoms with van der Waals surface area (Å²) in [4.78, 5) is 45.0. The molecule has 3 atom stereocenters. The number of phenols is 1. The number of piperidine rings is 1. The molecule has 0 aliphatic carbocycles. The second kappa shape index (κ2) is 22.8. The Hall–Kier alpha value is -5.66. The Morgan fingerprint density at radius 1 is 0.915 bits per heavy atom. The van der Waals surface area contributed by atoms with Crippen molar-refractivity contribution in [3.8, 4) is 33.3 Å². The van der Waals surface area contributed by atoms with Gasteiger partial charge in [0.25, 0.3) is 5.88 Å². The number of anilines is 2. The van der Waals surface area contributed by atoms with Crippen LogP contribution in [-0.2, 0) is 14.3 Å². The van der Waals surface area contributed by atoms with Crippen LogP contribution in [0.2, 0.25) is 0 Å². The second-order valence-corrected chi connectivity index (χ2v) is 21.0. The lowest BCUT2D eigenvalue weighted by Gasteiger charge is -2.48. The Morgan fingerprint density at radius 2 is 1.65 bits per heavy atom. The molecule has 2 amide bonds. The first kappa shape index (κ1) is 50.3. The van der Waals surface area contributed by atoms with E-state index < -0.39 is 12.0 Å². The molecular weight excluding hydrogens is 919 g/mol. The van der Waals surface area contributed by atoms with Crippen molar-refractivity contribution in [2.75, 3.05) is 102 Å². The standard InChI is InChI=1S/C53H71N11O6S/c1-36(2)48(52(67)64-21-9-11-43(64)51(66)56-37(3)39-13-15-40(16-14-39)49-38(4)55-35-71-49)46-33-47(59-70-46)68-30-28-61-26-24-60(25-27-61)19-7-8-20-62-29-31-69-53(34-62)17-22-63(23-18-53)44-32-42(57-58-50(44)54)41-10-5-6-12-45(41)65/h5-6,10,12-16,32-33,35-37,43,48,65H,7-9,11,17-31,34H2,1-4H3,(H2,54,58)(H,56,66)/t37-,43-,48?/m0/s1. The quantitative estimate of drug-likeness (QED) is 0.0795. The number of rotatable bonds is 18. The second-order valence-electron chi connectivity index (χ2n) is 20.1. The number of ether oxygens (including phenoxy) is 2. The largest absolute Gasteiger partial charge is 0.507 e. The number of aryl methyl sites for hydroxylation is 1. The van der Waals surface area contributed by atoms with E-state index in [9.17, 15) is 14.7 Å². The Bertz CT molecular complexity index is 2560. The normalized spacial score (nSPS) is 19.9. The van der Waals surface area contributed by atoms with Crippen molar-refractivity contribution in [1.29, 1.82) is 0 Å². The minimum absolute atomic E-state index is 0.0731. The van der Waals surface area contributed by atoms with Gasteiger partial charge in [0.1, 0.15) is 24.3 Å². The summed E-state index contributed by atoms with van der Waals surface area (Å²) in [5.74, 6) is 0.494. The van der Waals surface area contributed by atoms with E-state index in [2.05, 4.69) is 57.4 Å². The van der Waals surface area contributed by atoms with E-state index in [0.717, 1.165) is 138 Å². The lowest BCUT2D eigenvalue weighted by atomic mass is 9.89. The number of aromatic nitrogens is 4. The predicted molar refractivity (Wildman–Crippen MR) is 275 cm³/mol. The van der Waals surface area contributed by atoms with E-state index in [-0.39, 0.29) is 35.1 Å². The molecule has 17 nitrogen and oxygen atoms in total. The molecule has 18 heteroatoms. The predicted octanol–water partition coefficient (Wildman–Crippen LogP) is 6.61. The number of carbonyl (C=O) groups is 2. The van der Waals surface area contributed by atoms with E-state index in [0.29, 0.717) is 48.3 Å². The van der Waals surface area contributed by atoms with Gasteiger partial charge >= 0.3 is 0 Å². The lowest BCUT2D eigenvalue weighted by molar-refractivity contribution is -0.141. The van der Waals surface area contributed by atoms with E-state index in [1.807, 2.05) is 63.5 Å². The molecule has 7 heterocycles. The van der Waals surface area contributed by atoms with Crippen LogP contribution in [0.3, 0.4) is 0 Å². The zero-order chi connectivity index (χ0) is 49.5. The molecule has 71 heavy (non-hydrogen) atoms. The number of carbonyl (C=O) groups excluding carboxylic acids is 2. The number of nitrogens with two attached hydrogens (primary N) is 1. The first-order valence-corrected chi connectivity index (χ1v) is 26.5. The van der Waals surface area contributed by atoms with Crippen molar-refractivity contribution < 1.29 is 28.7 Å². The Labute approximate surface area is 421 Å². The van der Waals surface area contributed by atoms with Crippen LogP contribution >= 0.6 is 11.3 Å². The highest BCUT2D eigenvalue weighted by Crippen LogP contribution is 2.37. The smallest absolute Gasteiger partial charge is 0.254 e. The molecule has 0 radical (unpaired) electrons. The number of hydrogen-bond acceptors (Lipinski definition) is 16. The average molecular weight is 990 g/mol. The van der Waals surface area contributed by atoms with Crippen LogP contribution in [0.15, 0.2) is 70.7 Å². The fraction of sp³-hybridized carbons (Fsp3) is 0.547. The summed E-state index contributed by atoms with van der Waals surface area (Å²) in [5.41, 5.74) is 13.2. The van der Waals surface area contributed by atoms with Gasteiger partial charge in [-0.3, -0.25) is 19.4 Å². The number of phenolic OH excluding ortho intramolecular Hbond substituents is 1. The number of thiazole rings is 1. The number of unbranched alkanes of at least 4 members (excludes halogenated alkanes) is 1. The molecule has 4 aliphatic heterocycles. The zero-order valence-electron chi connectivity index (χ0n) is 41.8. The maximum atomic E-state index is 14.2. The van der Waals surface area contributed by atoms with Crippen LogP contribution in [0, 0.1) is 12.8 Å². The highest BCUT2D eigenvalue weighted by atomic mass is 32.1. The molecule has 5 aromatic rings. The van der Waals surface area contributed by atoms with Gasteiger partial charge in [-0.15, -0.1) is 21.5 Å². The zero-order valence-corrected chi connectivity index (χ0v) is 42.6. The van der Waals surface area contributed by atoms with Crippen molar-refractivity contribution in [2.45, 2.75) is 89.8 Å². The maximum Gasteiger partial charge on any atom is 0.254 e. The van der Waals surface area contributed by atoms with Gasteiger partial charge in [-0.25, -0.2) is 4.98 Å². The van der Waals surface area contributed by atoms with Gasteiger partial charge in [0.05, 0.1) is 45.7 Å². The van der Waals surface area contributed by atoms with E-state index in [4.69, 9.17) is 19.7 Å². The summed E-state index contributed by atoms with van der Waals surface area (Å²) in [6.45, 7) is 20.3. The molecule has 4 saturated heterocycles. The number of likely N-dealkylation sites (tertiary alicyclic amines) is 1. The van der Waals surface area contributed by atoms with Gasteiger partial charge in [0.2, 0.25) is 11.8 Å². The van der Waals surface area contributed by atoms with Gasteiger partial charge in [0, 0.05) is 77.1 Å². The first-order valence-electron chi connectivity index (χ1n) is 25.6. The van der Waals surface area contributed by atoms with Gasteiger partial charge in [0.15, 0.2) is 11.6 Å². The van der Waals surface area contributed by atoms with Crippen LogP contribution in [-0.4, -0.2) is 160 Å². The number of hydrogen-bond donors (Lipinski definition) is 3. The summed E-state index contributed by atoms with van der Waals surface area (Å²) < 4.78 is 18.3. The summed E-state index contributed by atoms with van der Waals surface area (Å²) in [5, 5.41) is 26.3. The fourth-order valence-electron chi connectivity index (χ4n) is 10.8. The minimum Gasteiger partial charge on any atom is -0.507 e. The van der Waals surface area contributed by atoms with Crippen molar-refractivity contribution in [1.82, 2.24) is 45.3 Å². The molecule has 0 saturated carbocycles. The Balaban J connectivity index is 0.665.